The number of aromatic nitrogens is 3. The molecule has 0 bridgehead atoms. The van der Waals surface area contributed by atoms with E-state index in [2.05, 4.69) is 14.3 Å². The molecule has 0 aliphatic carbocycles. The fourth-order valence-corrected chi connectivity index (χ4v) is 2.56. The van der Waals surface area contributed by atoms with Crippen LogP contribution < -0.4 is 0 Å². The zero-order valence-corrected chi connectivity index (χ0v) is 9.92. The van der Waals surface area contributed by atoms with Crippen LogP contribution in [-0.4, -0.2) is 19.3 Å². The summed E-state index contributed by atoms with van der Waals surface area (Å²) in [6.07, 6.45) is 1.38. The van der Waals surface area contributed by atoms with E-state index in [1.807, 2.05) is 0 Å². The monoisotopic (exact) mass is 274 g/mol. The molecule has 9 heteroatoms. The van der Waals surface area contributed by atoms with E-state index < -0.39 is 4.92 Å². The van der Waals surface area contributed by atoms with Gasteiger partial charge in [-0.1, -0.05) is 11.6 Å². The summed E-state index contributed by atoms with van der Waals surface area (Å²) in [7, 11) is 0. The lowest BCUT2D eigenvalue weighted by molar-refractivity contribution is -0.388. The number of nitro groups is 1. The first-order valence-electron chi connectivity index (χ1n) is 3.92. The Labute approximate surface area is 103 Å². The fourth-order valence-electron chi connectivity index (χ4n) is 0.915. The second-order valence-corrected chi connectivity index (χ2v) is 4.93. The molecule has 2 heterocycles. The van der Waals surface area contributed by atoms with E-state index in [1.54, 1.807) is 0 Å². The van der Waals surface area contributed by atoms with Crippen molar-refractivity contribution in [3.63, 3.8) is 0 Å². The molecule has 6 nitrogen and oxygen atoms in total. The van der Waals surface area contributed by atoms with E-state index in [9.17, 15) is 10.1 Å². The van der Waals surface area contributed by atoms with Crippen LogP contribution in [-0.2, 0) is 0 Å². The van der Waals surface area contributed by atoms with Crippen LogP contribution in [0, 0.1) is 10.1 Å². The van der Waals surface area contributed by atoms with Crippen LogP contribution in [0.15, 0.2) is 27.8 Å². The molecule has 0 saturated heterocycles. The zero-order chi connectivity index (χ0) is 11.5. The first-order valence-corrected chi connectivity index (χ1v) is 5.89. The molecule has 0 fully saturated rings. The smallest absolute Gasteiger partial charge is 0.258 e. The van der Waals surface area contributed by atoms with Crippen LogP contribution in [0.1, 0.15) is 0 Å². The zero-order valence-electron chi connectivity index (χ0n) is 7.53. The second-order valence-electron chi connectivity index (χ2n) is 2.52. The van der Waals surface area contributed by atoms with Crippen LogP contribution in [0.4, 0.5) is 5.69 Å². The normalized spacial score (nSPS) is 10.3. The molecule has 0 spiro atoms. The molecule has 16 heavy (non-hydrogen) atoms. The minimum atomic E-state index is -0.507. The summed E-state index contributed by atoms with van der Waals surface area (Å²) in [5.41, 5.74) is -0.0930. The Kier molecular flexibility index (Phi) is 3.32. The van der Waals surface area contributed by atoms with Crippen LogP contribution in [0.25, 0.3) is 0 Å². The van der Waals surface area contributed by atoms with E-state index >= 15 is 0 Å². The fraction of sp³-hybridized carbons (Fsp3) is 0. The van der Waals surface area contributed by atoms with Gasteiger partial charge in [-0.05, 0) is 29.4 Å². The SMILES string of the molecule is O=[N+]([O-])c1ccc(Cl)nc1Sc1ncns1. The first kappa shape index (κ1) is 11.2. The van der Waals surface area contributed by atoms with Gasteiger partial charge in [-0.3, -0.25) is 10.1 Å². The van der Waals surface area contributed by atoms with Gasteiger partial charge in [-0.25, -0.2) is 9.97 Å². The van der Waals surface area contributed by atoms with E-state index in [-0.39, 0.29) is 15.9 Å². The predicted octanol–water partition coefficient (Wildman–Crippen LogP) is 2.65. The van der Waals surface area contributed by atoms with Crippen molar-refractivity contribution in [1.29, 1.82) is 0 Å². The minimum absolute atomic E-state index is 0.0930. The van der Waals surface area contributed by atoms with Crippen LogP contribution in [0.3, 0.4) is 0 Å². The van der Waals surface area contributed by atoms with Gasteiger partial charge in [0.15, 0.2) is 9.37 Å². The summed E-state index contributed by atoms with van der Waals surface area (Å²) >= 11 is 7.89. The number of nitrogens with zero attached hydrogens (tertiary/aromatic N) is 4. The van der Waals surface area contributed by atoms with Crippen molar-refractivity contribution < 1.29 is 4.92 Å². The van der Waals surface area contributed by atoms with E-state index in [4.69, 9.17) is 11.6 Å². The molecular weight excluding hydrogens is 272 g/mol. The van der Waals surface area contributed by atoms with Crippen molar-refractivity contribution in [2.75, 3.05) is 0 Å². The predicted molar refractivity (Wildman–Crippen MR) is 59.9 cm³/mol. The quantitative estimate of drug-likeness (QED) is 0.486. The molecule has 2 aromatic rings. The van der Waals surface area contributed by atoms with Gasteiger partial charge >= 0.3 is 5.69 Å². The van der Waals surface area contributed by atoms with Crippen molar-refractivity contribution in [3.05, 3.63) is 33.7 Å². The second kappa shape index (κ2) is 4.73. The Balaban J connectivity index is 2.38. The van der Waals surface area contributed by atoms with Gasteiger partial charge in [0.25, 0.3) is 0 Å². The van der Waals surface area contributed by atoms with Gasteiger partial charge in [0, 0.05) is 6.07 Å². The number of hydrogen-bond donors (Lipinski definition) is 0. The highest BCUT2D eigenvalue weighted by Gasteiger charge is 2.18. The molecule has 0 aliphatic heterocycles. The highest BCUT2D eigenvalue weighted by molar-refractivity contribution is 8.01. The number of pyridine rings is 1. The Hall–Kier alpha value is -1.25. The molecule has 0 aliphatic rings. The van der Waals surface area contributed by atoms with Crippen LogP contribution >= 0.6 is 34.9 Å². The number of rotatable bonds is 3. The lowest BCUT2D eigenvalue weighted by atomic mass is 10.4. The summed E-state index contributed by atoms with van der Waals surface area (Å²) in [5, 5.41) is 11.2. The molecule has 82 valence electrons. The highest BCUT2D eigenvalue weighted by Crippen LogP contribution is 2.34. The maximum Gasteiger partial charge on any atom is 0.301 e. The van der Waals surface area contributed by atoms with Gasteiger partial charge in [-0.15, -0.1) is 0 Å². The van der Waals surface area contributed by atoms with Crippen molar-refractivity contribution in [2.24, 2.45) is 0 Å². The van der Waals surface area contributed by atoms with Crippen molar-refractivity contribution in [2.45, 2.75) is 9.37 Å². The third-order valence-corrected chi connectivity index (χ3v) is 3.45. The van der Waals surface area contributed by atoms with Crippen molar-refractivity contribution in [1.82, 2.24) is 14.3 Å². The van der Waals surface area contributed by atoms with E-state index in [1.165, 1.54) is 18.5 Å². The third-order valence-electron chi connectivity index (χ3n) is 1.53. The third kappa shape index (κ3) is 2.46. The summed E-state index contributed by atoms with van der Waals surface area (Å²) in [5.74, 6) is 0. The van der Waals surface area contributed by atoms with Crippen molar-refractivity contribution in [3.8, 4) is 0 Å². The van der Waals surface area contributed by atoms with E-state index in [0.29, 0.717) is 4.34 Å². The Morgan fingerprint density at radius 1 is 1.50 bits per heavy atom. The summed E-state index contributed by atoms with van der Waals surface area (Å²) in [6.45, 7) is 0. The molecule has 0 atom stereocenters. The Bertz CT molecular complexity index is 519. The summed E-state index contributed by atoms with van der Waals surface area (Å²) in [6, 6.07) is 2.70. The van der Waals surface area contributed by atoms with Crippen LogP contribution in [0.5, 0.6) is 0 Å². The molecular formula is C7H3ClN4O2S2. The van der Waals surface area contributed by atoms with Crippen LogP contribution in [0.2, 0.25) is 5.15 Å². The maximum absolute atomic E-state index is 10.7. The highest BCUT2D eigenvalue weighted by atomic mass is 35.5. The molecule has 0 aromatic carbocycles. The molecule has 0 saturated carbocycles. The lowest BCUT2D eigenvalue weighted by Crippen LogP contribution is -1.93. The standard InChI is InChI=1S/C7H3ClN4O2S2/c8-5-2-1-4(12(13)14)6(11-5)15-7-9-3-10-16-7/h1-3H. The van der Waals surface area contributed by atoms with E-state index in [0.717, 1.165) is 23.3 Å². The summed E-state index contributed by atoms with van der Waals surface area (Å²) < 4.78 is 4.38. The molecule has 2 rings (SSSR count). The number of hydrogen-bond acceptors (Lipinski definition) is 7. The Morgan fingerprint density at radius 3 is 2.94 bits per heavy atom. The van der Waals surface area contributed by atoms with Gasteiger partial charge in [-0.2, -0.15) is 4.37 Å². The topological polar surface area (TPSA) is 81.8 Å². The molecule has 0 unspecified atom stereocenters. The van der Waals surface area contributed by atoms with Gasteiger partial charge in [0.1, 0.15) is 11.5 Å². The lowest BCUT2D eigenvalue weighted by Gasteiger charge is -1.99. The summed E-state index contributed by atoms with van der Waals surface area (Å²) in [4.78, 5) is 18.0. The number of halogens is 1. The molecule has 2 aromatic heterocycles. The molecule has 0 N–H and O–H groups in total. The van der Waals surface area contributed by atoms with Crippen molar-refractivity contribution >= 4 is 40.6 Å². The Morgan fingerprint density at radius 2 is 2.31 bits per heavy atom. The maximum atomic E-state index is 10.7. The molecule has 0 radical (unpaired) electrons. The minimum Gasteiger partial charge on any atom is -0.258 e. The largest absolute Gasteiger partial charge is 0.301 e. The van der Waals surface area contributed by atoms with Gasteiger partial charge < -0.3 is 0 Å². The molecule has 0 amide bonds. The van der Waals surface area contributed by atoms with Gasteiger partial charge in [0.2, 0.25) is 0 Å². The van der Waals surface area contributed by atoms with Gasteiger partial charge in [0.05, 0.1) is 4.92 Å². The average molecular weight is 275 g/mol. The first-order chi connectivity index (χ1) is 7.66. The average Bonchev–Trinajstić information content (AvgIpc) is 2.70.